The zero-order chi connectivity index (χ0) is 10.7. The summed E-state index contributed by atoms with van der Waals surface area (Å²) in [4.78, 5) is 4.16. The molecule has 0 amide bonds. The van der Waals surface area contributed by atoms with E-state index < -0.39 is 10.8 Å². The number of nitrogens with zero attached hydrogens (tertiary/aromatic N) is 1. The van der Waals surface area contributed by atoms with Gasteiger partial charge in [0.1, 0.15) is 5.03 Å². The lowest BCUT2D eigenvalue weighted by Crippen LogP contribution is -2.15. The van der Waals surface area contributed by atoms with Gasteiger partial charge in [-0.05, 0) is 50.0 Å². The van der Waals surface area contributed by atoms with Crippen molar-refractivity contribution >= 4 is 10.8 Å². The van der Waals surface area contributed by atoms with E-state index in [9.17, 15) is 4.21 Å². The predicted octanol–water partition coefficient (Wildman–Crippen LogP) is 1.11. The molecule has 0 aromatic carbocycles. The summed E-state index contributed by atoms with van der Waals surface area (Å²) in [6.45, 7) is 4.06. The Bertz CT molecular complexity index is 361. The predicted molar refractivity (Wildman–Crippen MR) is 61.2 cm³/mol. The lowest BCUT2D eigenvalue weighted by Gasteiger charge is -2.07. The van der Waals surface area contributed by atoms with Gasteiger partial charge in [-0.15, -0.1) is 0 Å². The van der Waals surface area contributed by atoms with Crippen LogP contribution in [0.15, 0.2) is 23.4 Å². The Morgan fingerprint density at radius 1 is 1.67 bits per heavy atom. The van der Waals surface area contributed by atoms with Gasteiger partial charge in [-0.25, -0.2) is 4.98 Å². The standard InChI is InChI=1S/C11H16N2OS/c1-9-2-5-13-11(6-9)15(14)8-10-3-4-12-7-10/h2,5-6,10,12H,3-4,7-8H2,1H3/t10-,15-/m1/s1. The van der Waals surface area contributed by atoms with E-state index in [0.717, 1.165) is 35.9 Å². The molecule has 0 saturated carbocycles. The number of rotatable bonds is 3. The van der Waals surface area contributed by atoms with Crippen molar-refractivity contribution in [3.05, 3.63) is 23.9 Å². The lowest BCUT2D eigenvalue weighted by atomic mass is 10.2. The summed E-state index contributed by atoms with van der Waals surface area (Å²) in [6, 6.07) is 3.84. The molecule has 2 atom stereocenters. The molecule has 1 aromatic heterocycles. The van der Waals surface area contributed by atoms with Gasteiger partial charge in [0, 0.05) is 11.9 Å². The van der Waals surface area contributed by atoms with E-state index in [-0.39, 0.29) is 0 Å². The highest BCUT2D eigenvalue weighted by molar-refractivity contribution is 7.84. The van der Waals surface area contributed by atoms with Crippen LogP contribution in [0.4, 0.5) is 0 Å². The number of nitrogens with one attached hydrogen (secondary N) is 1. The number of hydrogen-bond acceptors (Lipinski definition) is 3. The fourth-order valence-electron chi connectivity index (χ4n) is 1.79. The Kier molecular flexibility index (Phi) is 3.49. The van der Waals surface area contributed by atoms with Crippen LogP contribution in [-0.4, -0.2) is 28.0 Å². The quantitative estimate of drug-likeness (QED) is 0.836. The van der Waals surface area contributed by atoms with Gasteiger partial charge in [0.05, 0.1) is 10.8 Å². The Balaban J connectivity index is 2.01. The van der Waals surface area contributed by atoms with Crippen LogP contribution in [0, 0.1) is 12.8 Å². The molecule has 1 fully saturated rings. The third-order valence-electron chi connectivity index (χ3n) is 2.67. The van der Waals surface area contributed by atoms with E-state index in [1.54, 1.807) is 6.20 Å². The van der Waals surface area contributed by atoms with Crippen molar-refractivity contribution in [2.45, 2.75) is 18.4 Å². The molecule has 1 aliphatic heterocycles. The fraction of sp³-hybridized carbons (Fsp3) is 0.545. The van der Waals surface area contributed by atoms with Crippen LogP contribution >= 0.6 is 0 Å². The molecular weight excluding hydrogens is 208 g/mol. The minimum Gasteiger partial charge on any atom is -0.316 e. The monoisotopic (exact) mass is 224 g/mol. The van der Waals surface area contributed by atoms with Crippen molar-refractivity contribution < 1.29 is 4.21 Å². The fourth-order valence-corrected chi connectivity index (χ4v) is 3.17. The second-order valence-corrected chi connectivity index (χ2v) is 5.49. The smallest absolute Gasteiger partial charge is 0.127 e. The second kappa shape index (κ2) is 4.86. The van der Waals surface area contributed by atoms with Gasteiger partial charge < -0.3 is 5.32 Å². The Hall–Kier alpha value is -0.740. The molecule has 0 unspecified atom stereocenters. The molecule has 15 heavy (non-hydrogen) atoms. The minimum atomic E-state index is -0.935. The molecule has 2 rings (SSSR count). The van der Waals surface area contributed by atoms with Gasteiger partial charge in [0.15, 0.2) is 0 Å². The zero-order valence-electron chi connectivity index (χ0n) is 8.90. The minimum absolute atomic E-state index is 0.549. The average Bonchev–Trinajstić information content (AvgIpc) is 2.70. The molecule has 3 nitrogen and oxygen atoms in total. The molecule has 1 saturated heterocycles. The van der Waals surface area contributed by atoms with Crippen LogP contribution in [0.1, 0.15) is 12.0 Å². The summed E-state index contributed by atoms with van der Waals surface area (Å²) in [6.07, 6.45) is 2.87. The van der Waals surface area contributed by atoms with Crippen molar-refractivity contribution in [2.75, 3.05) is 18.8 Å². The first kappa shape index (κ1) is 10.8. The van der Waals surface area contributed by atoms with E-state index in [4.69, 9.17) is 0 Å². The van der Waals surface area contributed by atoms with Gasteiger partial charge in [-0.2, -0.15) is 0 Å². The molecule has 0 aliphatic carbocycles. The summed E-state index contributed by atoms with van der Waals surface area (Å²) < 4.78 is 12.0. The van der Waals surface area contributed by atoms with Crippen LogP contribution in [0.25, 0.3) is 0 Å². The van der Waals surface area contributed by atoms with E-state index in [0.29, 0.717) is 5.92 Å². The van der Waals surface area contributed by atoms with Crippen molar-refractivity contribution in [3.63, 3.8) is 0 Å². The van der Waals surface area contributed by atoms with E-state index in [2.05, 4.69) is 10.3 Å². The van der Waals surface area contributed by atoms with Crippen LogP contribution in [-0.2, 0) is 10.8 Å². The van der Waals surface area contributed by atoms with Crippen LogP contribution in [0.3, 0.4) is 0 Å². The summed E-state index contributed by atoms with van der Waals surface area (Å²) >= 11 is 0. The Morgan fingerprint density at radius 3 is 3.20 bits per heavy atom. The third kappa shape index (κ3) is 2.86. The third-order valence-corrected chi connectivity index (χ3v) is 4.14. The Morgan fingerprint density at radius 2 is 2.53 bits per heavy atom. The molecule has 0 spiro atoms. The first-order valence-corrected chi connectivity index (χ1v) is 6.59. The average molecular weight is 224 g/mol. The van der Waals surface area contributed by atoms with Gasteiger partial charge in [-0.3, -0.25) is 4.21 Å². The highest BCUT2D eigenvalue weighted by Gasteiger charge is 2.18. The molecule has 1 N–H and O–H groups in total. The molecule has 2 heterocycles. The van der Waals surface area contributed by atoms with Gasteiger partial charge >= 0.3 is 0 Å². The van der Waals surface area contributed by atoms with Gasteiger partial charge in [-0.1, -0.05) is 0 Å². The largest absolute Gasteiger partial charge is 0.316 e. The topological polar surface area (TPSA) is 42.0 Å². The lowest BCUT2D eigenvalue weighted by molar-refractivity contribution is 0.631. The van der Waals surface area contributed by atoms with E-state index >= 15 is 0 Å². The second-order valence-electron chi connectivity index (χ2n) is 4.04. The number of aryl methyl sites for hydroxylation is 1. The molecule has 82 valence electrons. The highest BCUT2D eigenvalue weighted by Crippen LogP contribution is 2.13. The normalized spacial score (nSPS) is 22.9. The number of aromatic nitrogens is 1. The highest BCUT2D eigenvalue weighted by atomic mass is 32.2. The van der Waals surface area contributed by atoms with Crippen LogP contribution in [0.5, 0.6) is 0 Å². The maximum absolute atomic E-state index is 12.0. The number of hydrogen-bond donors (Lipinski definition) is 1. The molecule has 1 aliphatic rings. The van der Waals surface area contributed by atoms with Crippen LogP contribution < -0.4 is 5.32 Å². The van der Waals surface area contributed by atoms with Crippen molar-refractivity contribution in [2.24, 2.45) is 5.92 Å². The molecule has 0 bridgehead atoms. The Labute approximate surface area is 92.8 Å². The molecule has 1 aromatic rings. The summed E-state index contributed by atoms with van der Waals surface area (Å²) in [5, 5.41) is 4.01. The van der Waals surface area contributed by atoms with Gasteiger partial charge in [0.25, 0.3) is 0 Å². The molecule has 0 radical (unpaired) electrons. The first-order valence-electron chi connectivity index (χ1n) is 5.27. The maximum Gasteiger partial charge on any atom is 0.127 e. The molecule has 4 heteroatoms. The summed E-state index contributed by atoms with van der Waals surface area (Å²) in [5.74, 6) is 1.29. The van der Waals surface area contributed by atoms with Crippen LogP contribution in [0.2, 0.25) is 0 Å². The maximum atomic E-state index is 12.0. The zero-order valence-corrected chi connectivity index (χ0v) is 9.72. The van der Waals surface area contributed by atoms with Crippen molar-refractivity contribution in [3.8, 4) is 0 Å². The molecular formula is C11H16N2OS. The van der Waals surface area contributed by atoms with E-state index in [1.807, 2.05) is 19.1 Å². The SMILES string of the molecule is Cc1ccnc([S@](=O)C[C@@H]2CCNC2)c1. The van der Waals surface area contributed by atoms with E-state index in [1.165, 1.54) is 0 Å². The number of pyridine rings is 1. The van der Waals surface area contributed by atoms with Crippen molar-refractivity contribution in [1.29, 1.82) is 0 Å². The van der Waals surface area contributed by atoms with Crippen molar-refractivity contribution in [1.82, 2.24) is 10.3 Å². The first-order chi connectivity index (χ1) is 7.25. The summed E-state index contributed by atoms with van der Waals surface area (Å²) in [5.41, 5.74) is 1.12. The van der Waals surface area contributed by atoms with Gasteiger partial charge in [0.2, 0.25) is 0 Å². The summed E-state index contributed by atoms with van der Waals surface area (Å²) in [7, 11) is -0.935.